The van der Waals surface area contributed by atoms with E-state index in [1.165, 1.54) is 0 Å². The molecule has 2 heterocycles. The van der Waals surface area contributed by atoms with Crippen molar-refractivity contribution in [2.45, 2.75) is 58.7 Å². The van der Waals surface area contributed by atoms with Crippen LogP contribution in [-0.2, 0) is 11.3 Å². The summed E-state index contributed by atoms with van der Waals surface area (Å²) in [5.74, 6) is 0.666. The van der Waals surface area contributed by atoms with Gasteiger partial charge < -0.3 is 20.1 Å². The Balaban J connectivity index is 1.78. The lowest BCUT2D eigenvalue weighted by molar-refractivity contribution is -0.136. The molecule has 1 aliphatic heterocycles. The van der Waals surface area contributed by atoms with Gasteiger partial charge in [-0.15, -0.1) is 0 Å². The van der Waals surface area contributed by atoms with Crippen LogP contribution < -0.4 is 10.6 Å². The molecular weight excluding hydrogens is 284 g/mol. The normalized spacial score (nSPS) is 19.6. The molecular formula is C15H24N4O3. The Morgan fingerprint density at radius 1 is 1.50 bits per heavy atom. The van der Waals surface area contributed by atoms with Crippen LogP contribution in [0.3, 0.4) is 0 Å². The number of hydrogen-bond acceptors (Lipinski definition) is 4. The molecule has 0 radical (unpaired) electrons. The molecule has 0 saturated carbocycles. The van der Waals surface area contributed by atoms with E-state index in [9.17, 15) is 9.59 Å². The van der Waals surface area contributed by atoms with Gasteiger partial charge in [-0.3, -0.25) is 4.79 Å². The quantitative estimate of drug-likeness (QED) is 0.884. The topological polar surface area (TPSA) is 87.5 Å². The molecule has 3 amide bonds. The SMILES string of the molecule is Cc1cc(CNC(=O)N[C@@H](C)C(=O)N2CCCC[C@@H]2C)no1. The first-order chi connectivity index (χ1) is 10.5. The van der Waals surface area contributed by atoms with Crippen molar-refractivity contribution in [3.05, 3.63) is 17.5 Å². The lowest BCUT2D eigenvalue weighted by Gasteiger charge is -2.35. The van der Waals surface area contributed by atoms with E-state index in [0.717, 1.165) is 25.8 Å². The molecule has 7 heteroatoms. The third kappa shape index (κ3) is 4.22. The van der Waals surface area contributed by atoms with Crippen molar-refractivity contribution in [2.24, 2.45) is 0 Å². The predicted molar refractivity (Wildman–Crippen MR) is 81.1 cm³/mol. The molecule has 0 bridgehead atoms. The number of hydrogen-bond donors (Lipinski definition) is 2. The molecule has 2 atom stereocenters. The Bertz CT molecular complexity index is 529. The fraction of sp³-hybridized carbons (Fsp3) is 0.667. The lowest BCUT2D eigenvalue weighted by atomic mass is 10.0. The van der Waals surface area contributed by atoms with Gasteiger partial charge in [0.2, 0.25) is 5.91 Å². The van der Waals surface area contributed by atoms with Gasteiger partial charge in [0.25, 0.3) is 0 Å². The van der Waals surface area contributed by atoms with E-state index >= 15 is 0 Å². The summed E-state index contributed by atoms with van der Waals surface area (Å²) in [6.45, 7) is 6.59. The molecule has 1 aliphatic rings. The van der Waals surface area contributed by atoms with Crippen molar-refractivity contribution in [2.75, 3.05) is 6.54 Å². The molecule has 2 N–H and O–H groups in total. The van der Waals surface area contributed by atoms with Gasteiger partial charge in [-0.05, 0) is 40.0 Å². The van der Waals surface area contributed by atoms with E-state index in [-0.39, 0.29) is 24.5 Å². The van der Waals surface area contributed by atoms with Crippen LogP contribution in [0.15, 0.2) is 10.6 Å². The van der Waals surface area contributed by atoms with Crippen molar-refractivity contribution in [3.8, 4) is 0 Å². The summed E-state index contributed by atoms with van der Waals surface area (Å²) in [6, 6.07) is 1.07. The molecule has 22 heavy (non-hydrogen) atoms. The zero-order valence-electron chi connectivity index (χ0n) is 13.4. The van der Waals surface area contributed by atoms with Crippen molar-refractivity contribution >= 4 is 11.9 Å². The second-order valence-corrected chi connectivity index (χ2v) is 5.85. The molecule has 0 spiro atoms. The smallest absolute Gasteiger partial charge is 0.315 e. The molecule has 2 rings (SSSR count). The zero-order valence-corrected chi connectivity index (χ0v) is 13.4. The molecule has 1 aromatic rings. The molecule has 7 nitrogen and oxygen atoms in total. The number of aryl methyl sites for hydroxylation is 1. The Morgan fingerprint density at radius 3 is 2.91 bits per heavy atom. The van der Waals surface area contributed by atoms with Gasteiger partial charge in [-0.2, -0.15) is 0 Å². The van der Waals surface area contributed by atoms with Crippen molar-refractivity contribution in [1.82, 2.24) is 20.7 Å². The number of rotatable bonds is 4. The molecule has 122 valence electrons. The second kappa shape index (κ2) is 7.29. The number of piperidine rings is 1. The van der Waals surface area contributed by atoms with E-state index in [1.54, 1.807) is 19.9 Å². The second-order valence-electron chi connectivity index (χ2n) is 5.85. The fourth-order valence-electron chi connectivity index (χ4n) is 2.66. The van der Waals surface area contributed by atoms with Crippen LogP contribution in [-0.4, -0.2) is 40.6 Å². The van der Waals surface area contributed by atoms with Crippen molar-refractivity contribution in [1.29, 1.82) is 0 Å². The van der Waals surface area contributed by atoms with Gasteiger partial charge >= 0.3 is 6.03 Å². The minimum Gasteiger partial charge on any atom is -0.361 e. The molecule has 1 saturated heterocycles. The van der Waals surface area contributed by atoms with Crippen LogP contribution in [0, 0.1) is 6.92 Å². The number of amides is 3. The number of aromatic nitrogens is 1. The summed E-state index contributed by atoms with van der Waals surface area (Å²) in [6.07, 6.45) is 3.21. The maximum Gasteiger partial charge on any atom is 0.315 e. The first kappa shape index (κ1) is 16.3. The minimum atomic E-state index is -0.542. The monoisotopic (exact) mass is 308 g/mol. The zero-order chi connectivity index (χ0) is 16.1. The van der Waals surface area contributed by atoms with Crippen molar-refractivity contribution < 1.29 is 14.1 Å². The largest absolute Gasteiger partial charge is 0.361 e. The lowest BCUT2D eigenvalue weighted by Crippen LogP contribution is -2.53. The van der Waals surface area contributed by atoms with Crippen molar-refractivity contribution in [3.63, 3.8) is 0 Å². The van der Waals surface area contributed by atoms with E-state index in [0.29, 0.717) is 11.5 Å². The van der Waals surface area contributed by atoms with Crippen LogP contribution in [0.4, 0.5) is 4.79 Å². The number of likely N-dealkylation sites (tertiary alicyclic amines) is 1. The van der Waals surface area contributed by atoms with Crippen LogP contribution in [0.25, 0.3) is 0 Å². The predicted octanol–water partition coefficient (Wildman–Crippen LogP) is 1.57. The van der Waals surface area contributed by atoms with Gasteiger partial charge in [-0.25, -0.2) is 4.79 Å². The number of nitrogens with zero attached hydrogens (tertiary/aromatic N) is 2. The summed E-state index contributed by atoms with van der Waals surface area (Å²) in [4.78, 5) is 26.1. The number of carbonyl (C=O) groups is 2. The van der Waals surface area contributed by atoms with Gasteiger partial charge in [0, 0.05) is 18.7 Å². The summed E-state index contributed by atoms with van der Waals surface area (Å²) in [7, 11) is 0. The van der Waals surface area contributed by atoms with Gasteiger partial charge in [-0.1, -0.05) is 5.16 Å². The molecule has 0 unspecified atom stereocenters. The third-order valence-corrected chi connectivity index (χ3v) is 3.91. The van der Waals surface area contributed by atoms with Crippen LogP contribution >= 0.6 is 0 Å². The highest BCUT2D eigenvalue weighted by molar-refractivity contribution is 5.86. The first-order valence-corrected chi connectivity index (χ1v) is 7.74. The Labute approximate surface area is 130 Å². The minimum absolute atomic E-state index is 0.0281. The number of nitrogens with one attached hydrogen (secondary N) is 2. The van der Waals surface area contributed by atoms with E-state index < -0.39 is 6.04 Å². The van der Waals surface area contributed by atoms with Gasteiger partial charge in [0.1, 0.15) is 17.5 Å². The molecule has 0 aliphatic carbocycles. The summed E-state index contributed by atoms with van der Waals surface area (Å²) in [5, 5.41) is 9.14. The summed E-state index contributed by atoms with van der Waals surface area (Å²) in [5.41, 5.74) is 0.649. The Hall–Kier alpha value is -2.05. The first-order valence-electron chi connectivity index (χ1n) is 7.74. The van der Waals surface area contributed by atoms with E-state index in [2.05, 4.69) is 22.7 Å². The van der Waals surface area contributed by atoms with Gasteiger partial charge in [0.15, 0.2) is 0 Å². The highest BCUT2D eigenvalue weighted by Gasteiger charge is 2.27. The molecule has 1 fully saturated rings. The standard InChI is InChI=1S/C15H24N4O3/c1-10-6-4-5-7-19(10)14(20)12(3)17-15(21)16-9-13-8-11(2)22-18-13/h8,10,12H,4-7,9H2,1-3H3,(H2,16,17,21)/t10-,12-/m0/s1. The fourth-order valence-corrected chi connectivity index (χ4v) is 2.66. The average molecular weight is 308 g/mol. The highest BCUT2D eigenvalue weighted by atomic mass is 16.5. The Kier molecular flexibility index (Phi) is 5.41. The van der Waals surface area contributed by atoms with E-state index in [4.69, 9.17) is 4.52 Å². The highest BCUT2D eigenvalue weighted by Crippen LogP contribution is 2.17. The molecule has 1 aromatic heterocycles. The number of urea groups is 1. The maximum atomic E-state index is 12.4. The molecule has 0 aromatic carbocycles. The summed E-state index contributed by atoms with van der Waals surface area (Å²) >= 11 is 0. The Morgan fingerprint density at radius 2 is 2.27 bits per heavy atom. The van der Waals surface area contributed by atoms with Crippen LogP contribution in [0.1, 0.15) is 44.6 Å². The van der Waals surface area contributed by atoms with Crippen LogP contribution in [0.5, 0.6) is 0 Å². The average Bonchev–Trinajstić information content (AvgIpc) is 2.90. The maximum absolute atomic E-state index is 12.4. The van der Waals surface area contributed by atoms with E-state index in [1.807, 2.05) is 4.90 Å². The summed E-state index contributed by atoms with van der Waals surface area (Å²) < 4.78 is 4.92. The third-order valence-electron chi connectivity index (χ3n) is 3.91. The van der Waals surface area contributed by atoms with Crippen LogP contribution in [0.2, 0.25) is 0 Å². The number of carbonyl (C=O) groups excluding carboxylic acids is 2. The van der Waals surface area contributed by atoms with Gasteiger partial charge in [0.05, 0.1) is 6.54 Å².